The molecule has 1 aliphatic rings. The Morgan fingerprint density at radius 2 is 1.88 bits per heavy atom. The van der Waals surface area contributed by atoms with Crippen LogP contribution in [0.1, 0.15) is 54.4 Å². The van der Waals surface area contributed by atoms with Crippen LogP contribution in [0.4, 0.5) is 0 Å². The third kappa shape index (κ3) is 3.45. The summed E-state index contributed by atoms with van der Waals surface area (Å²) in [5.41, 5.74) is 0. The van der Waals surface area contributed by atoms with E-state index in [-0.39, 0.29) is 0 Å². The summed E-state index contributed by atoms with van der Waals surface area (Å²) in [6.07, 6.45) is 2.59. The average molecular weight is 240 g/mol. The fourth-order valence-corrected chi connectivity index (χ4v) is 3.19. The lowest BCUT2D eigenvalue weighted by Gasteiger charge is -2.47. The van der Waals surface area contributed by atoms with Gasteiger partial charge >= 0.3 is 0 Å². The van der Waals surface area contributed by atoms with Crippen molar-refractivity contribution in [1.29, 1.82) is 0 Å². The van der Waals surface area contributed by atoms with Crippen LogP contribution in [0.3, 0.4) is 0 Å². The van der Waals surface area contributed by atoms with Gasteiger partial charge in [-0.05, 0) is 38.6 Å². The molecule has 1 saturated heterocycles. The molecule has 1 fully saturated rings. The monoisotopic (exact) mass is 240 g/mol. The van der Waals surface area contributed by atoms with E-state index < -0.39 is 0 Å². The maximum absolute atomic E-state index is 3.64. The molecule has 1 aliphatic heterocycles. The van der Waals surface area contributed by atoms with E-state index in [9.17, 15) is 0 Å². The summed E-state index contributed by atoms with van der Waals surface area (Å²) >= 11 is 0. The minimum atomic E-state index is 0.705. The van der Waals surface area contributed by atoms with Crippen molar-refractivity contribution in [2.75, 3.05) is 13.1 Å². The molecule has 0 aromatic heterocycles. The Balaban J connectivity index is 2.61. The zero-order valence-corrected chi connectivity index (χ0v) is 12.7. The first-order chi connectivity index (χ1) is 8.02. The molecule has 5 unspecified atom stereocenters. The molecular weight excluding hydrogens is 208 g/mol. The van der Waals surface area contributed by atoms with Crippen LogP contribution in [-0.4, -0.2) is 36.1 Å². The lowest BCUT2D eigenvalue weighted by atomic mass is 9.84. The molecule has 0 radical (unpaired) electrons. The third-order valence-corrected chi connectivity index (χ3v) is 5.07. The quantitative estimate of drug-likeness (QED) is 0.794. The third-order valence-electron chi connectivity index (χ3n) is 5.07. The molecule has 0 saturated carbocycles. The lowest BCUT2D eigenvalue weighted by molar-refractivity contribution is 0.0330. The van der Waals surface area contributed by atoms with Crippen molar-refractivity contribution in [3.05, 3.63) is 0 Å². The molecule has 0 aliphatic carbocycles. The van der Waals surface area contributed by atoms with E-state index >= 15 is 0 Å². The number of hydrogen-bond donors (Lipinski definition) is 1. The highest BCUT2D eigenvalue weighted by atomic mass is 15.2. The van der Waals surface area contributed by atoms with Crippen molar-refractivity contribution >= 4 is 0 Å². The molecule has 102 valence electrons. The summed E-state index contributed by atoms with van der Waals surface area (Å²) in [5.74, 6) is 1.57. The zero-order chi connectivity index (χ0) is 13.0. The second-order valence-electron chi connectivity index (χ2n) is 5.92. The molecule has 0 aromatic carbocycles. The van der Waals surface area contributed by atoms with Crippen LogP contribution in [0.2, 0.25) is 0 Å². The van der Waals surface area contributed by atoms with Gasteiger partial charge in [0, 0.05) is 24.7 Å². The maximum atomic E-state index is 3.64. The number of rotatable bonds is 5. The molecule has 1 heterocycles. The molecule has 0 aromatic rings. The van der Waals surface area contributed by atoms with Crippen molar-refractivity contribution in [1.82, 2.24) is 10.2 Å². The predicted octanol–water partition coefficient (Wildman–Crippen LogP) is 3.13. The largest absolute Gasteiger partial charge is 0.314 e. The average Bonchev–Trinajstić information content (AvgIpc) is 2.33. The second-order valence-corrected chi connectivity index (χ2v) is 5.92. The number of likely N-dealkylation sites (tertiary alicyclic amines) is 1. The first kappa shape index (κ1) is 15.0. The van der Waals surface area contributed by atoms with E-state index in [0.29, 0.717) is 6.04 Å². The van der Waals surface area contributed by atoms with Gasteiger partial charge in [0.05, 0.1) is 0 Å². The highest BCUT2D eigenvalue weighted by Crippen LogP contribution is 2.28. The molecule has 1 rings (SSSR count). The minimum Gasteiger partial charge on any atom is -0.314 e. The zero-order valence-electron chi connectivity index (χ0n) is 12.7. The highest BCUT2D eigenvalue weighted by Gasteiger charge is 2.35. The van der Waals surface area contributed by atoms with E-state index in [4.69, 9.17) is 0 Å². The predicted molar refractivity (Wildman–Crippen MR) is 76.3 cm³/mol. The Kier molecular flexibility index (Phi) is 5.94. The Labute approximate surface area is 108 Å². The second kappa shape index (κ2) is 6.75. The van der Waals surface area contributed by atoms with Crippen molar-refractivity contribution < 1.29 is 0 Å². The number of piperidine rings is 1. The van der Waals surface area contributed by atoms with Crippen LogP contribution in [0.15, 0.2) is 0 Å². The Bertz CT molecular complexity index is 217. The Hall–Kier alpha value is -0.0800. The molecule has 0 spiro atoms. The van der Waals surface area contributed by atoms with Crippen molar-refractivity contribution in [3.8, 4) is 0 Å². The van der Waals surface area contributed by atoms with Crippen LogP contribution in [0.25, 0.3) is 0 Å². The van der Waals surface area contributed by atoms with Gasteiger partial charge in [-0.2, -0.15) is 0 Å². The smallest absolute Gasteiger partial charge is 0.0120 e. The first-order valence-corrected chi connectivity index (χ1v) is 7.51. The first-order valence-electron chi connectivity index (χ1n) is 7.51. The van der Waals surface area contributed by atoms with Crippen LogP contribution in [-0.2, 0) is 0 Å². The maximum Gasteiger partial charge on any atom is 0.0120 e. The van der Waals surface area contributed by atoms with E-state index in [1.165, 1.54) is 19.4 Å². The number of hydrogen-bond acceptors (Lipinski definition) is 2. The minimum absolute atomic E-state index is 0.705. The summed E-state index contributed by atoms with van der Waals surface area (Å²) in [6.45, 7) is 16.5. The van der Waals surface area contributed by atoms with Crippen LogP contribution >= 0.6 is 0 Å². The fraction of sp³-hybridized carbons (Fsp3) is 1.00. The van der Waals surface area contributed by atoms with Gasteiger partial charge in [0.1, 0.15) is 0 Å². The summed E-state index contributed by atoms with van der Waals surface area (Å²) in [5, 5.41) is 3.64. The molecule has 17 heavy (non-hydrogen) atoms. The molecule has 0 amide bonds. The standard InChI is InChI=1S/C15H32N2/c1-7-11(3)13(5)17-10-9-15(16-8-2)12(4)14(17)6/h11-16H,7-10H2,1-6H3. The van der Waals surface area contributed by atoms with Gasteiger partial charge in [-0.1, -0.05) is 34.1 Å². The van der Waals surface area contributed by atoms with Crippen molar-refractivity contribution in [2.24, 2.45) is 11.8 Å². The summed E-state index contributed by atoms with van der Waals surface area (Å²) in [6, 6.07) is 2.15. The van der Waals surface area contributed by atoms with Gasteiger partial charge < -0.3 is 5.32 Å². The molecule has 2 heteroatoms. The SMILES string of the molecule is CCNC1CCN(C(C)C(C)CC)C(C)C1C. The fourth-order valence-electron chi connectivity index (χ4n) is 3.19. The van der Waals surface area contributed by atoms with Gasteiger partial charge in [-0.25, -0.2) is 0 Å². The van der Waals surface area contributed by atoms with Gasteiger partial charge in [0.2, 0.25) is 0 Å². The van der Waals surface area contributed by atoms with Crippen LogP contribution in [0.5, 0.6) is 0 Å². The summed E-state index contributed by atoms with van der Waals surface area (Å²) in [4.78, 5) is 2.73. The lowest BCUT2D eigenvalue weighted by Crippen LogP contribution is -2.56. The topological polar surface area (TPSA) is 15.3 Å². The van der Waals surface area contributed by atoms with E-state index in [0.717, 1.165) is 30.5 Å². The van der Waals surface area contributed by atoms with E-state index in [1.54, 1.807) is 0 Å². The molecule has 5 atom stereocenters. The summed E-state index contributed by atoms with van der Waals surface area (Å²) in [7, 11) is 0. The highest BCUT2D eigenvalue weighted by molar-refractivity contribution is 4.91. The van der Waals surface area contributed by atoms with Gasteiger partial charge in [0.25, 0.3) is 0 Å². The molecule has 0 bridgehead atoms. The van der Waals surface area contributed by atoms with E-state index in [2.05, 4.69) is 51.8 Å². The Morgan fingerprint density at radius 1 is 1.24 bits per heavy atom. The van der Waals surface area contributed by atoms with E-state index in [1.807, 2.05) is 0 Å². The van der Waals surface area contributed by atoms with Gasteiger partial charge in [0.15, 0.2) is 0 Å². The molecule has 2 nitrogen and oxygen atoms in total. The molecular formula is C15H32N2. The van der Waals surface area contributed by atoms with Gasteiger partial charge in [-0.15, -0.1) is 0 Å². The Morgan fingerprint density at radius 3 is 2.41 bits per heavy atom. The van der Waals surface area contributed by atoms with Crippen molar-refractivity contribution in [2.45, 2.75) is 72.5 Å². The van der Waals surface area contributed by atoms with Crippen molar-refractivity contribution in [3.63, 3.8) is 0 Å². The number of nitrogens with zero attached hydrogens (tertiary/aromatic N) is 1. The number of nitrogens with one attached hydrogen (secondary N) is 1. The van der Waals surface area contributed by atoms with Crippen LogP contribution in [0, 0.1) is 11.8 Å². The summed E-state index contributed by atoms with van der Waals surface area (Å²) < 4.78 is 0. The van der Waals surface area contributed by atoms with Gasteiger partial charge in [-0.3, -0.25) is 4.90 Å². The molecule has 1 N–H and O–H groups in total. The van der Waals surface area contributed by atoms with Crippen LogP contribution < -0.4 is 5.32 Å². The normalized spacial score (nSPS) is 34.6.